The van der Waals surface area contributed by atoms with Crippen LogP contribution in [0.2, 0.25) is 0 Å². The Bertz CT molecular complexity index is 606. The maximum absolute atomic E-state index is 11.1. The molecule has 0 bridgehead atoms. The van der Waals surface area contributed by atoms with Crippen LogP contribution in [-0.2, 0) is 4.74 Å². The molecule has 1 rings (SSSR count). The van der Waals surface area contributed by atoms with Gasteiger partial charge in [-0.25, -0.2) is 4.98 Å². The van der Waals surface area contributed by atoms with E-state index in [0.29, 0.717) is 23.6 Å². The minimum absolute atomic E-state index is 0.00635. The highest BCUT2D eigenvalue weighted by Crippen LogP contribution is 2.21. The number of nitro groups is 1. The van der Waals surface area contributed by atoms with E-state index in [0.717, 1.165) is 11.3 Å². The number of aryl methyl sites for hydroxylation is 2. The maximum atomic E-state index is 11.1. The number of pyridine rings is 1. The van der Waals surface area contributed by atoms with Crippen molar-refractivity contribution in [3.63, 3.8) is 0 Å². The van der Waals surface area contributed by atoms with Crippen LogP contribution >= 0.6 is 0 Å². The Hall–Kier alpha value is -2.37. The van der Waals surface area contributed by atoms with E-state index in [1.807, 2.05) is 32.9 Å². The van der Waals surface area contributed by atoms with E-state index in [1.54, 1.807) is 6.08 Å². The highest BCUT2D eigenvalue weighted by atomic mass is 16.6. The molecule has 120 valence electrons. The van der Waals surface area contributed by atoms with Crippen molar-refractivity contribution in [1.29, 1.82) is 0 Å². The average Bonchev–Trinajstić information content (AvgIpc) is 2.49. The summed E-state index contributed by atoms with van der Waals surface area (Å²) in [6, 6.07) is 3.79. The van der Waals surface area contributed by atoms with Gasteiger partial charge in [0, 0.05) is 18.2 Å². The fourth-order valence-corrected chi connectivity index (χ4v) is 1.87. The van der Waals surface area contributed by atoms with E-state index in [-0.39, 0.29) is 12.3 Å². The minimum Gasteiger partial charge on any atom is -0.496 e. The van der Waals surface area contributed by atoms with Gasteiger partial charge in [0.2, 0.25) is 5.88 Å². The summed E-state index contributed by atoms with van der Waals surface area (Å²) < 4.78 is 11.0. The first kappa shape index (κ1) is 17.7. The summed E-state index contributed by atoms with van der Waals surface area (Å²) in [5.74, 6) is 0.933. The van der Waals surface area contributed by atoms with Crippen molar-refractivity contribution in [2.24, 2.45) is 0 Å². The first-order valence-electron chi connectivity index (χ1n) is 7.06. The molecule has 0 amide bonds. The number of hydrogen-bond acceptors (Lipinski definition) is 5. The maximum Gasteiger partial charge on any atom is 0.253 e. The van der Waals surface area contributed by atoms with Crippen molar-refractivity contribution in [2.75, 3.05) is 13.7 Å². The predicted octanol–water partition coefficient (Wildman–Crippen LogP) is 3.57. The quantitative estimate of drug-likeness (QED) is 0.333. The monoisotopic (exact) mass is 306 g/mol. The Morgan fingerprint density at radius 3 is 2.64 bits per heavy atom. The lowest BCUT2D eigenvalue weighted by Crippen LogP contribution is -2.12. The predicted molar refractivity (Wildman–Crippen MR) is 84.3 cm³/mol. The third-order valence-corrected chi connectivity index (χ3v) is 3.16. The second kappa shape index (κ2) is 8.17. The average molecular weight is 306 g/mol. The van der Waals surface area contributed by atoms with Crippen LogP contribution in [0.4, 0.5) is 0 Å². The molecule has 1 heterocycles. The van der Waals surface area contributed by atoms with Crippen LogP contribution in [0.15, 0.2) is 35.2 Å². The van der Waals surface area contributed by atoms with Gasteiger partial charge in [-0.1, -0.05) is 13.0 Å². The summed E-state index contributed by atoms with van der Waals surface area (Å²) in [4.78, 5) is 15.0. The van der Waals surface area contributed by atoms with Gasteiger partial charge in [-0.2, -0.15) is 0 Å². The molecule has 6 heteroatoms. The molecule has 0 saturated heterocycles. The van der Waals surface area contributed by atoms with Crippen molar-refractivity contribution >= 4 is 0 Å². The van der Waals surface area contributed by atoms with Gasteiger partial charge in [-0.05, 0) is 32.4 Å². The van der Waals surface area contributed by atoms with Gasteiger partial charge in [0.25, 0.3) is 5.70 Å². The van der Waals surface area contributed by atoms with Crippen LogP contribution < -0.4 is 4.74 Å². The number of methoxy groups -OCH3 is 1. The van der Waals surface area contributed by atoms with E-state index in [2.05, 4.69) is 4.98 Å². The molecule has 1 aromatic heterocycles. The normalized spacial score (nSPS) is 12.7. The van der Waals surface area contributed by atoms with Crippen molar-refractivity contribution in [3.8, 4) is 5.88 Å². The fraction of sp³-hybridized carbons (Fsp3) is 0.438. The number of allylic oxidation sites excluding steroid dienone is 2. The molecular formula is C16H22N2O4. The molecule has 0 aliphatic rings. The third-order valence-electron chi connectivity index (χ3n) is 3.16. The van der Waals surface area contributed by atoms with E-state index in [4.69, 9.17) is 9.47 Å². The molecule has 0 aliphatic carbocycles. The summed E-state index contributed by atoms with van der Waals surface area (Å²) in [5, 5.41) is 11.1. The summed E-state index contributed by atoms with van der Waals surface area (Å²) in [5.41, 5.74) is 2.12. The molecule has 1 aromatic rings. The van der Waals surface area contributed by atoms with Crippen molar-refractivity contribution in [2.45, 2.75) is 34.1 Å². The van der Waals surface area contributed by atoms with Crippen LogP contribution in [0.25, 0.3) is 0 Å². The van der Waals surface area contributed by atoms with Crippen LogP contribution in [0.1, 0.15) is 31.5 Å². The van der Waals surface area contributed by atoms with Gasteiger partial charge < -0.3 is 9.47 Å². The van der Waals surface area contributed by atoms with Gasteiger partial charge in [0.1, 0.15) is 17.9 Å². The summed E-state index contributed by atoms with van der Waals surface area (Å²) in [7, 11) is 1.49. The van der Waals surface area contributed by atoms with Crippen molar-refractivity contribution in [1.82, 2.24) is 4.98 Å². The standard InChI is InChI=1S/C16H22N2O4/c1-6-7-15(21-5)14(13(4)18(19)20)10-22-16-11(2)8-9-12(3)17-16/h7-9H,6,10H2,1-5H3/b14-13+,15-7+. The minimum atomic E-state index is -0.433. The van der Waals surface area contributed by atoms with E-state index < -0.39 is 4.92 Å². The van der Waals surface area contributed by atoms with Gasteiger partial charge >= 0.3 is 0 Å². The first-order chi connectivity index (χ1) is 10.4. The molecule has 0 spiro atoms. The first-order valence-corrected chi connectivity index (χ1v) is 7.06. The number of rotatable bonds is 7. The summed E-state index contributed by atoms with van der Waals surface area (Å²) in [6.45, 7) is 7.15. The molecule has 6 nitrogen and oxygen atoms in total. The number of nitrogens with zero attached hydrogens (tertiary/aromatic N) is 2. The second-order valence-electron chi connectivity index (χ2n) is 4.87. The van der Waals surface area contributed by atoms with Gasteiger partial charge in [0.15, 0.2) is 0 Å². The Labute approximate surface area is 130 Å². The topological polar surface area (TPSA) is 74.5 Å². The lowest BCUT2D eigenvalue weighted by molar-refractivity contribution is -0.425. The number of ether oxygens (including phenoxy) is 2. The zero-order valence-corrected chi connectivity index (χ0v) is 13.7. The lowest BCUT2D eigenvalue weighted by atomic mass is 10.1. The summed E-state index contributed by atoms with van der Waals surface area (Å²) in [6.07, 6.45) is 2.50. The molecule has 0 atom stereocenters. The van der Waals surface area contributed by atoms with Crippen molar-refractivity contribution in [3.05, 3.63) is 56.6 Å². The molecule has 0 saturated carbocycles. The molecule has 0 aromatic carbocycles. The van der Waals surface area contributed by atoms with Gasteiger partial charge in [0.05, 0.1) is 12.0 Å². The van der Waals surface area contributed by atoms with E-state index >= 15 is 0 Å². The van der Waals surface area contributed by atoms with Crippen molar-refractivity contribution < 1.29 is 14.4 Å². The van der Waals surface area contributed by atoms with Gasteiger partial charge in [-0.15, -0.1) is 0 Å². The molecule has 0 aliphatic heterocycles. The zero-order valence-electron chi connectivity index (χ0n) is 13.7. The van der Waals surface area contributed by atoms with Gasteiger partial charge in [-0.3, -0.25) is 10.1 Å². The largest absolute Gasteiger partial charge is 0.496 e. The molecule has 22 heavy (non-hydrogen) atoms. The summed E-state index contributed by atoms with van der Waals surface area (Å²) >= 11 is 0. The molecule has 0 N–H and O–H groups in total. The van der Waals surface area contributed by atoms with Crippen LogP contribution in [0, 0.1) is 24.0 Å². The Morgan fingerprint density at radius 1 is 1.41 bits per heavy atom. The Morgan fingerprint density at radius 2 is 2.09 bits per heavy atom. The molecule has 0 radical (unpaired) electrons. The third kappa shape index (κ3) is 4.58. The number of aromatic nitrogens is 1. The smallest absolute Gasteiger partial charge is 0.253 e. The molecule has 0 fully saturated rings. The van der Waals surface area contributed by atoms with E-state index in [9.17, 15) is 10.1 Å². The lowest BCUT2D eigenvalue weighted by Gasteiger charge is -2.13. The Kier molecular flexibility index (Phi) is 6.56. The molecular weight excluding hydrogens is 284 g/mol. The fourth-order valence-electron chi connectivity index (χ4n) is 1.87. The van der Waals surface area contributed by atoms with E-state index in [1.165, 1.54) is 14.0 Å². The SMILES string of the molecule is CC/C=C(OC)\C(COc1nc(C)ccc1C)=C(/C)[N+](=O)[O-]. The number of hydrogen-bond donors (Lipinski definition) is 0. The second-order valence-corrected chi connectivity index (χ2v) is 4.87. The van der Waals surface area contributed by atoms with Crippen LogP contribution in [0.5, 0.6) is 5.88 Å². The van der Waals surface area contributed by atoms with Crippen LogP contribution in [0.3, 0.4) is 0 Å². The Balaban J connectivity index is 3.10. The van der Waals surface area contributed by atoms with Crippen LogP contribution in [-0.4, -0.2) is 23.6 Å². The highest BCUT2D eigenvalue weighted by Gasteiger charge is 2.19. The highest BCUT2D eigenvalue weighted by molar-refractivity contribution is 5.31. The zero-order chi connectivity index (χ0) is 16.7. The molecule has 0 unspecified atom stereocenters.